The van der Waals surface area contributed by atoms with Crippen LogP contribution in [0.5, 0.6) is 5.75 Å². The minimum Gasteiger partial charge on any atom is -0.508 e. The van der Waals surface area contributed by atoms with E-state index in [1.807, 2.05) is 30.3 Å². The number of phenolic OH excluding ortho intramolecular Hbond substituents is 1. The summed E-state index contributed by atoms with van der Waals surface area (Å²) in [5.74, 6) is -5.14. The van der Waals surface area contributed by atoms with Crippen molar-refractivity contribution in [3.8, 4) is 17.2 Å². The van der Waals surface area contributed by atoms with Gasteiger partial charge in [0.05, 0.1) is 23.0 Å². The van der Waals surface area contributed by atoms with Crippen LogP contribution in [0.2, 0.25) is 0 Å². The van der Waals surface area contributed by atoms with Crippen molar-refractivity contribution in [3.05, 3.63) is 90.0 Å². The number of hydrogen-bond acceptors (Lipinski definition) is 7. The molecule has 3 aromatic carbocycles. The molecule has 3 fully saturated rings. The Morgan fingerprint density at radius 3 is 2.35 bits per heavy atom. The lowest BCUT2D eigenvalue weighted by molar-refractivity contribution is -0.138. The fourth-order valence-electron chi connectivity index (χ4n) is 7.83. The molecule has 46 heavy (non-hydrogen) atoms. The summed E-state index contributed by atoms with van der Waals surface area (Å²) in [6, 6.07) is 20.7. The van der Waals surface area contributed by atoms with E-state index in [0.29, 0.717) is 39.4 Å². The molecule has 12 heteroatoms. The second-order valence-electron chi connectivity index (χ2n) is 12.1. The fraction of sp³-hybridized carbons (Fsp3) is 0.265. The molecular weight excluding hydrogens is 697 g/mol. The number of aromatic hydroxyl groups is 1. The quantitative estimate of drug-likeness (QED) is 0.117. The maximum Gasteiger partial charge on any atom is 0.254 e. The zero-order valence-electron chi connectivity index (χ0n) is 23.9. The number of likely N-dealkylation sites (tertiary alicyclic amines) is 1. The highest BCUT2D eigenvalue weighted by atomic mass is 79.9. The van der Waals surface area contributed by atoms with E-state index in [2.05, 4.69) is 20.9 Å². The maximum atomic E-state index is 14.3. The van der Waals surface area contributed by atoms with E-state index in [4.69, 9.17) is 27.6 Å². The molecule has 0 radical (unpaired) electrons. The summed E-state index contributed by atoms with van der Waals surface area (Å²) in [7, 11) is 0. The third-order valence-electron chi connectivity index (χ3n) is 9.93. The summed E-state index contributed by atoms with van der Waals surface area (Å²) < 4.78 is 5.87. The molecule has 4 aromatic rings. The number of imide groups is 2. The highest BCUT2D eigenvalue weighted by molar-refractivity contribution is 9.09. The molecular formula is C34H24BrCl2N3O6. The molecule has 8 rings (SSSR count). The fourth-order valence-corrected chi connectivity index (χ4v) is 9.25. The van der Waals surface area contributed by atoms with E-state index in [9.17, 15) is 24.3 Å². The van der Waals surface area contributed by atoms with Crippen LogP contribution in [-0.4, -0.2) is 53.8 Å². The highest BCUT2D eigenvalue weighted by Crippen LogP contribution is 2.66. The number of aromatic nitrogens is 1. The molecule has 0 unspecified atom stereocenters. The van der Waals surface area contributed by atoms with Crippen molar-refractivity contribution in [3.63, 3.8) is 0 Å². The van der Waals surface area contributed by atoms with Gasteiger partial charge in [-0.2, -0.15) is 0 Å². The van der Waals surface area contributed by atoms with Crippen molar-refractivity contribution in [2.45, 2.75) is 28.5 Å². The Balaban J connectivity index is 1.18. The number of hydrogen-bond donors (Lipinski definition) is 1. The SMILES string of the molecule is O=C1[C@H]2[C@H](CC=C3[C@H]2C[C@@]2(Cl)C(=O)N(CBr)C(=O)[C@@]2(Cl)[C@H]3c2ccccc2O)C(=O)N1c1ccc(-c2nc3ccccc3o2)cc1. The van der Waals surface area contributed by atoms with Crippen molar-refractivity contribution in [2.24, 2.45) is 17.8 Å². The normalized spacial score (nSPS) is 30.5. The lowest BCUT2D eigenvalue weighted by Crippen LogP contribution is -2.60. The van der Waals surface area contributed by atoms with Crippen LogP contribution in [0.4, 0.5) is 5.69 Å². The van der Waals surface area contributed by atoms with Crippen LogP contribution in [0.15, 0.2) is 88.9 Å². The standard InChI is InChI=1S/C34H24BrCl2N3O6/c35-16-39-31(44)33(36)15-22-19(27(34(33,37)32(39)45)20-5-1-3-7-24(20)41)13-14-21-26(22)30(43)40(29(21)42)18-11-9-17(10-12-18)28-38-23-6-2-4-8-25(23)46-28/h1-13,21-22,26-27,41H,14-16H2/t21-,22+,26-,27+,33+,34-/m0/s1. The molecule has 232 valence electrons. The molecule has 2 saturated heterocycles. The van der Waals surface area contributed by atoms with Gasteiger partial charge >= 0.3 is 0 Å². The number of amides is 4. The van der Waals surface area contributed by atoms with Gasteiger partial charge in [0.25, 0.3) is 11.8 Å². The van der Waals surface area contributed by atoms with Gasteiger partial charge in [0.2, 0.25) is 17.7 Å². The average Bonchev–Trinajstić information content (AvgIpc) is 3.65. The van der Waals surface area contributed by atoms with E-state index in [1.54, 1.807) is 42.5 Å². The number of phenols is 1. The first-order valence-corrected chi connectivity index (χ1v) is 16.6. The Morgan fingerprint density at radius 1 is 0.913 bits per heavy atom. The molecule has 2 aliphatic carbocycles. The summed E-state index contributed by atoms with van der Waals surface area (Å²) in [6.07, 6.45) is 1.92. The number of carbonyl (C=O) groups is 4. The molecule has 0 spiro atoms. The minimum absolute atomic E-state index is 0.123. The van der Waals surface area contributed by atoms with Crippen LogP contribution in [-0.2, 0) is 19.2 Å². The number of alkyl halides is 3. The van der Waals surface area contributed by atoms with Gasteiger partial charge < -0.3 is 9.52 Å². The van der Waals surface area contributed by atoms with Crippen LogP contribution < -0.4 is 4.90 Å². The first-order valence-electron chi connectivity index (χ1n) is 14.7. The van der Waals surface area contributed by atoms with Gasteiger partial charge in [0, 0.05) is 17.0 Å². The lowest BCUT2D eigenvalue weighted by Gasteiger charge is -2.50. The molecule has 0 bridgehead atoms. The van der Waals surface area contributed by atoms with Crippen LogP contribution in [0.25, 0.3) is 22.6 Å². The van der Waals surface area contributed by atoms with Crippen LogP contribution in [0.3, 0.4) is 0 Å². The number of rotatable bonds is 4. The number of carbonyl (C=O) groups excluding carboxylic acids is 4. The number of allylic oxidation sites excluding steroid dienone is 2. The van der Waals surface area contributed by atoms with Crippen molar-refractivity contribution >= 4 is 79.5 Å². The number of nitrogens with zero attached hydrogens (tertiary/aromatic N) is 3. The molecule has 4 aliphatic rings. The molecule has 4 amide bonds. The van der Waals surface area contributed by atoms with Crippen molar-refractivity contribution in [2.75, 3.05) is 10.4 Å². The monoisotopic (exact) mass is 719 g/mol. The minimum atomic E-state index is -1.97. The van der Waals surface area contributed by atoms with Gasteiger partial charge in [-0.1, -0.05) is 57.9 Å². The topological polar surface area (TPSA) is 121 Å². The Kier molecular flexibility index (Phi) is 6.56. The van der Waals surface area contributed by atoms with Gasteiger partial charge in [-0.3, -0.25) is 29.0 Å². The van der Waals surface area contributed by atoms with Crippen LogP contribution in [0.1, 0.15) is 24.3 Å². The van der Waals surface area contributed by atoms with Crippen molar-refractivity contribution in [1.29, 1.82) is 0 Å². The summed E-state index contributed by atoms with van der Waals surface area (Å²) in [5, 5.41) is 11.0. The molecule has 6 atom stereocenters. The third kappa shape index (κ3) is 3.77. The zero-order valence-corrected chi connectivity index (χ0v) is 27.0. The number of fused-ring (bicyclic) bond motifs is 5. The second-order valence-corrected chi connectivity index (χ2v) is 13.8. The lowest BCUT2D eigenvalue weighted by atomic mass is 9.56. The van der Waals surface area contributed by atoms with Gasteiger partial charge in [-0.15, -0.1) is 23.2 Å². The Labute approximate surface area is 280 Å². The Morgan fingerprint density at radius 2 is 1.63 bits per heavy atom. The van der Waals surface area contributed by atoms with Crippen molar-refractivity contribution < 1.29 is 28.7 Å². The first kappa shape index (κ1) is 29.4. The first-order chi connectivity index (χ1) is 22.1. The molecule has 2 aliphatic heterocycles. The van der Waals surface area contributed by atoms with E-state index >= 15 is 0 Å². The predicted octanol–water partition coefficient (Wildman–Crippen LogP) is 6.12. The van der Waals surface area contributed by atoms with Crippen molar-refractivity contribution in [1.82, 2.24) is 9.88 Å². The van der Waals surface area contributed by atoms with Gasteiger partial charge in [0.1, 0.15) is 11.3 Å². The number of anilines is 1. The van der Waals surface area contributed by atoms with Gasteiger partial charge in [0.15, 0.2) is 15.3 Å². The van der Waals surface area contributed by atoms with Gasteiger partial charge in [-0.25, -0.2) is 4.98 Å². The molecule has 1 saturated carbocycles. The predicted molar refractivity (Wildman–Crippen MR) is 173 cm³/mol. The summed E-state index contributed by atoms with van der Waals surface area (Å²) in [4.78, 5) is 58.6. The second kappa shape index (κ2) is 10.3. The summed E-state index contributed by atoms with van der Waals surface area (Å²) in [5.41, 5.74) is 3.24. The van der Waals surface area contributed by atoms with E-state index in [-0.39, 0.29) is 30.0 Å². The number of para-hydroxylation sites is 3. The average molecular weight is 721 g/mol. The maximum absolute atomic E-state index is 14.3. The van der Waals surface area contributed by atoms with Crippen LogP contribution >= 0.6 is 39.1 Å². The van der Waals surface area contributed by atoms with E-state index < -0.39 is 51.1 Å². The summed E-state index contributed by atoms with van der Waals surface area (Å²) in [6.45, 7) is 0. The van der Waals surface area contributed by atoms with E-state index in [0.717, 1.165) is 4.90 Å². The van der Waals surface area contributed by atoms with Crippen LogP contribution in [0, 0.1) is 17.8 Å². The zero-order chi connectivity index (χ0) is 32.1. The number of oxazole rings is 1. The Bertz CT molecular complexity index is 2000. The molecule has 3 heterocycles. The molecule has 9 nitrogen and oxygen atoms in total. The number of benzene rings is 3. The number of halogens is 3. The van der Waals surface area contributed by atoms with E-state index in [1.165, 1.54) is 11.0 Å². The molecule has 1 aromatic heterocycles. The smallest absolute Gasteiger partial charge is 0.254 e. The third-order valence-corrected chi connectivity index (χ3v) is 11.8. The molecule has 1 N–H and O–H groups in total. The Hall–Kier alpha value is -3.99. The van der Waals surface area contributed by atoms with Gasteiger partial charge in [-0.05, 0) is 61.2 Å². The highest BCUT2D eigenvalue weighted by Gasteiger charge is 2.76. The summed E-state index contributed by atoms with van der Waals surface area (Å²) >= 11 is 17.7. The largest absolute Gasteiger partial charge is 0.508 e.